The first kappa shape index (κ1) is 13.5. The molecule has 0 bridgehead atoms. The average Bonchev–Trinajstić information content (AvgIpc) is 2.61. The van der Waals surface area contributed by atoms with Crippen molar-refractivity contribution in [3.63, 3.8) is 0 Å². The summed E-state index contributed by atoms with van der Waals surface area (Å²) in [5, 5.41) is 0.894. The lowest BCUT2D eigenvalue weighted by molar-refractivity contribution is 0.628. The van der Waals surface area contributed by atoms with E-state index in [1.54, 1.807) is 18.5 Å². The van der Waals surface area contributed by atoms with Gasteiger partial charge >= 0.3 is 0 Å². The van der Waals surface area contributed by atoms with Crippen LogP contribution in [0.4, 0.5) is 4.39 Å². The van der Waals surface area contributed by atoms with Crippen molar-refractivity contribution in [2.45, 2.75) is 0 Å². The van der Waals surface area contributed by atoms with Crippen LogP contribution in [0.2, 0.25) is 0 Å². The predicted octanol–water partition coefficient (Wildman–Crippen LogP) is 4.50. The number of pyridine rings is 1. The summed E-state index contributed by atoms with van der Waals surface area (Å²) in [5.74, 6) is 0.296. The fraction of sp³-hybridized carbons (Fsp3) is 0. The lowest BCUT2D eigenvalue weighted by Gasteiger charge is -2.09. The first-order valence-electron chi connectivity index (χ1n) is 7.24. The molecule has 4 rings (SSSR count). The molecular formula is C19H12FN3. The molecule has 0 saturated heterocycles. The van der Waals surface area contributed by atoms with Crippen molar-refractivity contribution < 1.29 is 4.39 Å². The van der Waals surface area contributed by atoms with Gasteiger partial charge < -0.3 is 0 Å². The van der Waals surface area contributed by atoms with Crippen molar-refractivity contribution in [3.05, 3.63) is 78.9 Å². The number of nitrogens with zero attached hydrogens (tertiary/aromatic N) is 3. The third kappa shape index (κ3) is 2.55. The highest BCUT2D eigenvalue weighted by molar-refractivity contribution is 5.93. The highest BCUT2D eigenvalue weighted by atomic mass is 19.1. The Hall–Kier alpha value is -3.14. The topological polar surface area (TPSA) is 38.7 Å². The van der Waals surface area contributed by atoms with E-state index >= 15 is 0 Å². The summed E-state index contributed by atoms with van der Waals surface area (Å²) in [4.78, 5) is 13.4. The molecular weight excluding hydrogens is 289 g/mol. The molecule has 23 heavy (non-hydrogen) atoms. The fourth-order valence-electron chi connectivity index (χ4n) is 2.56. The summed E-state index contributed by atoms with van der Waals surface area (Å²) < 4.78 is 13.6. The normalized spacial score (nSPS) is 10.8. The largest absolute Gasteiger partial charge is 0.264 e. The zero-order valence-electron chi connectivity index (χ0n) is 12.1. The van der Waals surface area contributed by atoms with E-state index in [1.807, 2.05) is 42.5 Å². The number of halogens is 1. The third-order valence-electron chi connectivity index (χ3n) is 3.62. The molecule has 0 aliphatic rings. The average molecular weight is 301 g/mol. The predicted molar refractivity (Wildman–Crippen MR) is 88.2 cm³/mol. The highest BCUT2D eigenvalue weighted by Gasteiger charge is 2.11. The van der Waals surface area contributed by atoms with Crippen molar-refractivity contribution in [2.75, 3.05) is 0 Å². The van der Waals surface area contributed by atoms with Crippen LogP contribution in [0.3, 0.4) is 0 Å². The summed E-state index contributed by atoms with van der Waals surface area (Å²) in [6.45, 7) is 0. The van der Waals surface area contributed by atoms with Gasteiger partial charge in [0.05, 0.1) is 11.2 Å². The van der Waals surface area contributed by atoms with Gasteiger partial charge in [-0.3, -0.25) is 4.98 Å². The molecule has 0 amide bonds. The minimum absolute atomic E-state index is 0.284. The Morgan fingerprint density at radius 3 is 2.48 bits per heavy atom. The molecule has 2 aromatic carbocycles. The molecule has 4 aromatic rings. The maximum Gasteiger partial charge on any atom is 0.161 e. The minimum Gasteiger partial charge on any atom is -0.264 e. The van der Waals surface area contributed by atoms with E-state index in [4.69, 9.17) is 0 Å². The van der Waals surface area contributed by atoms with Gasteiger partial charge in [0.1, 0.15) is 5.82 Å². The van der Waals surface area contributed by atoms with E-state index in [0.29, 0.717) is 11.5 Å². The lowest BCUT2D eigenvalue weighted by Crippen LogP contribution is -1.95. The third-order valence-corrected chi connectivity index (χ3v) is 3.62. The van der Waals surface area contributed by atoms with Crippen LogP contribution in [0.25, 0.3) is 33.5 Å². The second-order valence-corrected chi connectivity index (χ2v) is 5.17. The molecule has 0 aliphatic carbocycles. The van der Waals surface area contributed by atoms with Crippen molar-refractivity contribution in [1.82, 2.24) is 15.0 Å². The summed E-state index contributed by atoms with van der Waals surface area (Å²) in [5.41, 5.74) is 3.10. The Balaban J connectivity index is 2.02. The number of rotatable bonds is 2. The number of para-hydroxylation sites is 1. The van der Waals surface area contributed by atoms with E-state index in [2.05, 4.69) is 15.0 Å². The van der Waals surface area contributed by atoms with Gasteiger partial charge in [-0.25, -0.2) is 14.4 Å². The smallest absolute Gasteiger partial charge is 0.161 e. The molecule has 0 aliphatic heterocycles. The molecule has 0 N–H and O–H groups in total. The summed E-state index contributed by atoms with van der Waals surface area (Å²) in [6.07, 6.45) is 3.43. The van der Waals surface area contributed by atoms with Crippen LogP contribution in [0.15, 0.2) is 73.1 Å². The molecule has 3 nitrogen and oxygen atoms in total. The Labute approximate surface area is 132 Å². The molecule has 0 radical (unpaired) electrons. The van der Waals surface area contributed by atoms with Crippen molar-refractivity contribution in [1.29, 1.82) is 0 Å². The van der Waals surface area contributed by atoms with Gasteiger partial charge in [0, 0.05) is 28.9 Å². The molecule has 2 heterocycles. The molecule has 2 aromatic heterocycles. The number of hydrogen-bond acceptors (Lipinski definition) is 3. The lowest BCUT2D eigenvalue weighted by atomic mass is 10.1. The first-order valence-corrected chi connectivity index (χ1v) is 7.24. The van der Waals surface area contributed by atoms with Crippen molar-refractivity contribution >= 4 is 10.9 Å². The molecule has 0 atom stereocenters. The van der Waals surface area contributed by atoms with Crippen LogP contribution in [0, 0.1) is 5.82 Å². The van der Waals surface area contributed by atoms with Crippen molar-refractivity contribution in [2.24, 2.45) is 0 Å². The van der Waals surface area contributed by atoms with Gasteiger partial charge in [0.15, 0.2) is 5.82 Å². The van der Waals surface area contributed by atoms with Crippen LogP contribution in [-0.4, -0.2) is 15.0 Å². The Morgan fingerprint density at radius 2 is 1.65 bits per heavy atom. The first-order chi connectivity index (χ1) is 11.3. The van der Waals surface area contributed by atoms with Crippen LogP contribution in [0.5, 0.6) is 0 Å². The number of aromatic nitrogens is 3. The fourth-order valence-corrected chi connectivity index (χ4v) is 2.56. The zero-order chi connectivity index (χ0) is 15.6. The van der Waals surface area contributed by atoms with Gasteiger partial charge in [0.25, 0.3) is 0 Å². The van der Waals surface area contributed by atoms with Crippen LogP contribution in [-0.2, 0) is 0 Å². The van der Waals surface area contributed by atoms with E-state index in [9.17, 15) is 4.39 Å². The summed E-state index contributed by atoms with van der Waals surface area (Å²) >= 11 is 0. The molecule has 0 spiro atoms. The standard InChI is InChI=1S/C19H12FN3/c20-15-7-3-5-13(11-15)18-16-8-1-2-9-17(16)22-19(23-18)14-6-4-10-21-12-14/h1-12H. The number of hydrogen-bond donors (Lipinski definition) is 0. The van der Waals surface area contributed by atoms with E-state index in [-0.39, 0.29) is 5.82 Å². The highest BCUT2D eigenvalue weighted by Crippen LogP contribution is 2.29. The van der Waals surface area contributed by atoms with Crippen LogP contribution < -0.4 is 0 Å². The maximum absolute atomic E-state index is 13.6. The molecule has 110 valence electrons. The maximum atomic E-state index is 13.6. The molecule has 0 unspecified atom stereocenters. The van der Waals surface area contributed by atoms with Crippen LogP contribution >= 0.6 is 0 Å². The summed E-state index contributed by atoms with van der Waals surface area (Å²) in [7, 11) is 0. The monoisotopic (exact) mass is 301 g/mol. The number of benzene rings is 2. The second kappa shape index (κ2) is 5.57. The molecule has 0 saturated carbocycles. The SMILES string of the molecule is Fc1cccc(-c2nc(-c3cccnc3)nc3ccccc23)c1. The number of fused-ring (bicyclic) bond motifs is 1. The zero-order valence-corrected chi connectivity index (χ0v) is 12.1. The Bertz CT molecular complexity index is 984. The molecule has 4 heteroatoms. The van der Waals surface area contributed by atoms with Gasteiger partial charge in [-0.2, -0.15) is 0 Å². The van der Waals surface area contributed by atoms with Gasteiger partial charge in [0.2, 0.25) is 0 Å². The van der Waals surface area contributed by atoms with E-state index < -0.39 is 0 Å². The van der Waals surface area contributed by atoms with E-state index in [0.717, 1.165) is 22.0 Å². The second-order valence-electron chi connectivity index (χ2n) is 5.17. The minimum atomic E-state index is -0.284. The van der Waals surface area contributed by atoms with Crippen LogP contribution in [0.1, 0.15) is 0 Å². The van der Waals surface area contributed by atoms with Gasteiger partial charge in [-0.05, 0) is 30.3 Å². The Morgan fingerprint density at radius 1 is 0.783 bits per heavy atom. The summed E-state index contributed by atoms with van der Waals surface area (Å²) in [6, 6.07) is 17.9. The van der Waals surface area contributed by atoms with E-state index in [1.165, 1.54) is 12.1 Å². The Kier molecular flexibility index (Phi) is 3.27. The quantitative estimate of drug-likeness (QED) is 0.547. The van der Waals surface area contributed by atoms with Gasteiger partial charge in [-0.1, -0.05) is 30.3 Å². The molecule has 0 fully saturated rings. The van der Waals surface area contributed by atoms with Crippen molar-refractivity contribution in [3.8, 4) is 22.6 Å². The van der Waals surface area contributed by atoms with Gasteiger partial charge in [-0.15, -0.1) is 0 Å².